The van der Waals surface area contributed by atoms with E-state index in [0.717, 1.165) is 3.57 Å². The molecule has 11 nitrogen and oxygen atoms in total. The maximum absolute atomic E-state index is 15.2. The fourth-order valence-electron chi connectivity index (χ4n) is 4.04. The van der Waals surface area contributed by atoms with Gasteiger partial charge in [0.25, 0.3) is 0 Å². The number of halogens is 3. The molecule has 1 saturated heterocycles. The van der Waals surface area contributed by atoms with Gasteiger partial charge in [-0.3, -0.25) is 0 Å². The Kier molecular flexibility index (Phi) is 11.7. The zero-order valence-corrected chi connectivity index (χ0v) is 30.8. The molecule has 3 rings (SSSR count). The Hall–Kier alpha value is -2.89. The first-order valence-electron chi connectivity index (χ1n) is 13.7. The van der Waals surface area contributed by atoms with Crippen LogP contribution in [0.1, 0.15) is 47.1 Å². The molecule has 0 atom stereocenters. The van der Waals surface area contributed by atoms with E-state index in [1.54, 1.807) is 79.8 Å². The topological polar surface area (TPSA) is 104 Å². The Morgan fingerprint density at radius 2 is 1.55 bits per heavy atom. The fourth-order valence-corrected chi connectivity index (χ4v) is 10.9. The summed E-state index contributed by atoms with van der Waals surface area (Å²) in [4.78, 5) is 49.3. The van der Waals surface area contributed by atoms with Crippen molar-refractivity contribution in [3.8, 4) is 5.75 Å². The second-order valence-electron chi connectivity index (χ2n) is 12.1. The number of carbonyl (C=O) groups excluding carboxylic acids is 3. The number of urea groups is 1. The Morgan fingerprint density at radius 1 is 0.977 bits per heavy atom. The van der Waals surface area contributed by atoms with Crippen molar-refractivity contribution < 1.29 is 33.0 Å². The van der Waals surface area contributed by atoms with E-state index in [4.69, 9.17) is 14.2 Å². The fraction of sp³-hybridized carbons (Fsp3) is 0.467. The van der Waals surface area contributed by atoms with Gasteiger partial charge in [0, 0.05) is 0 Å². The third-order valence-electron chi connectivity index (χ3n) is 5.89. The Balaban J connectivity index is 2.10. The quantitative estimate of drug-likeness (QED) is 0.182. The number of nitrogens with zero attached hydrogens (tertiary/aromatic N) is 5. The second-order valence-corrected chi connectivity index (χ2v) is 21.3. The van der Waals surface area contributed by atoms with Crippen molar-refractivity contribution in [3.63, 3.8) is 0 Å². The molecule has 0 spiro atoms. The van der Waals surface area contributed by atoms with Crippen molar-refractivity contribution in [2.45, 2.75) is 59.3 Å². The summed E-state index contributed by atoms with van der Waals surface area (Å²) in [5.74, 6) is 0.308. The third-order valence-corrected chi connectivity index (χ3v) is 15.7. The van der Waals surface area contributed by atoms with Gasteiger partial charge in [-0.05, 0) is 0 Å². The van der Waals surface area contributed by atoms with Gasteiger partial charge in [0.05, 0.1) is 0 Å². The van der Waals surface area contributed by atoms with Crippen LogP contribution in [-0.2, 0) is 16.0 Å². The van der Waals surface area contributed by atoms with Crippen molar-refractivity contribution >= 4 is 58.6 Å². The summed E-state index contributed by atoms with van der Waals surface area (Å²) in [5, 5.41) is 0. The molecule has 2 aromatic rings. The monoisotopic (exact) mass is 839 g/mol. The van der Waals surface area contributed by atoms with Gasteiger partial charge in [-0.2, -0.15) is 0 Å². The molecular weight excluding hydrogens is 799 g/mol. The van der Waals surface area contributed by atoms with E-state index in [0.29, 0.717) is 14.9 Å². The minimum atomic E-state index is -2.22. The Morgan fingerprint density at radius 3 is 2.07 bits per heavy atom. The van der Waals surface area contributed by atoms with E-state index in [2.05, 4.69) is 23.6 Å². The van der Waals surface area contributed by atoms with Gasteiger partial charge >= 0.3 is 277 Å². The summed E-state index contributed by atoms with van der Waals surface area (Å²) in [6.07, 6.45) is -1.68. The van der Waals surface area contributed by atoms with Crippen LogP contribution >= 0.6 is 34.5 Å². The molecular formula is C30H40FI2N5O6. The average Bonchev–Trinajstić information content (AvgIpc) is 2.92. The molecule has 1 fully saturated rings. The molecule has 0 saturated carbocycles. The molecule has 4 amide bonds. The number of hydrogen-bond acceptors (Lipinski definition) is 6. The van der Waals surface area contributed by atoms with Crippen molar-refractivity contribution in [1.29, 1.82) is 0 Å². The number of rotatable bonds is 5. The van der Waals surface area contributed by atoms with Gasteiger partial charge < -0.3 is 0 Å². The van der Waals surface area contributed by atoms with Crippen LogP contribution in [0.25, 0.3) is 0 Å². The predicted molar refractivity (Wildman–Crippen MR) is 183 cm³/mol. The predicted octanol–water partition coefficient (Wildman–Crippen LogP) is 6.97. The number of benzene rings is 2. The van der Waals surface area contributed by atoms with E-state index < -0.39 is 39.2 Å². The molecule has 0 unspecified atom stereocenters. The maximum atomic E-state index is 15.2. The summed E-state index contributed by atoms with van der Waals surface area (Å²) in [6, 6.07) is 12.1. The molecule has 14 heteroatoms. The van der Waals surface area contributed by atoms with E-state index in [1.165, 1.54) is 20.8 Å². The molecule has 0 N–H and O–H groups in total. The number of guanidine groups is 1. The molecule has 0 aromatic heterocycles. The van der Waals surface area contributed by atoms with Crippen LogP contribution in [0.5, 0.6) is 5.75 Å². The molecule has 1 heterocycles. The van der Waals surface area contributed by atoms with E-state index in [9.17, 15) is 14.4 Å². The number of hydrogen-bond donors (Lipinski definition) is 0. The zero-order valence-electron chi connectivity index (χ0n) is 26.5. The van der Waals surface area contributed by atoms with E-state index >= 15 is 4.39 Å². The van der Waals surface area contributed by atoms with Crippen molar-refractivity contribution in [2.75, 3.05) is 34.5 Å². The van der Waals surface area contributed by atoms with E-state index in [1.807, 2.05) is 24.3 Å². The normalized spacial score (nSPS) is 14.8. The van der Waals surface area contributed by atoms with Gasteiger partial charge in [-0.15, -0.1) is 0 Å². The SMILES string of the molecule is COc1ccc(I(I)c2cc(CN(C(=O)OC(C)(C)C)/C(=N/C(=O)OC(C)(C)C)N3CN(C)C(=O)N(C)C3)ccc2F)cc1. The van der Waals surface area contributed by atoms with Gasteiger partial charge in [0.1, 0.15) is 0 Å². The molecule has 0 radical (unpaired) electrons. The number of amides is 4. The second kappa shape index (κ2) is 14.5. The first-order chi connectivity index (χ1) is 20.4. The number of methoxy groups -OCH3 is 1. The number of carbonyl (C=O) groups is 3. The van der Waals surface area contributed by atoms with Gasteiger partial charge in [-0.25, -0.2) is 0 Å². The molecule has 0 bridgehead atoms. The first kappa shape index (κ1) is 35.6. The molecule has 44 heavy (non-hydrogen) atoms. The van der Waals surface area contributed by atoms with Crippen LogP contribution in [-0.4, -0.2) is 89.5 Å². The van der Waals surface area contributed by atoms with Gasteiger partial charge in [0.15, 0.2) is 0 Å². The van der Waals surface area contributed by atoms with Gasteiger partial charge in [-0.1, -0.05) is 0 Å². The van der Waals surface area contributed by atoms with Crippen molar-refractivity contribution in [2.24, 2.45) is 4.99 Å². The first-order valence-corrected chi connectivity index (χ1v) is 22.1. The number of ether oxygens (including phenoxy) is 3. The van der Waals surface area contributed by atoms with E-state index in [-0.39, 0.29) is 37.7 Å². The zero-order chi connectivity index (χ0) is 33.0. The van der Waals surface area contributed by atoms with Crippen LogP contribution in [0.3, 0.4) is 0 Å². The van der Waals surface area contributed by atoms with Gasteiger partial charge in [0.2, 0.25) is 0 Å². The molecule has 0 aliphatic carbocycles. The summed E-state index contributed by atoms with van der Waals surface area (Å²) >= 11 is 0.102. The van der Waals surface area contributed by atoms with Crippen LogP contribution in [0.15, 0.2) is 47.5 Å². The Labute approximate surface area is 275 Å². The minimum absolute atomic E-state index is 0.0415. The van der Waals surface area contributed by atoms with Crippen molar-refractivity contribution in [1.82, 2.24) is 19.6 Å². The third kappa shape index (κ3) is 9.81. The summed E-state index contributed by atoms with van der Waals surface area (Å²) in [7, 11) is 4.80. The number of aliphatic imine (C=N–C) groups is 1. The summed E-state index contributed by atoms with van der Waals surface area (Å²) in [6.45, 7) is 10.3. The van der Waals surface area contributed by atoms with Crippen LogP contribution in [0.2, 0.25) is 0 Å². The summed E-state index contributed by atoms with van der Waals surface area (Å²) < 4.78 is 33.3. The Bertz CT molecular complexity index is 1380. The van der Waals surface area contributed by atoms with Crippen molar-refractivity contribution in [3.05, 3.63) is 61.0 Å². The molecule has 1 aliphatic rings. The molecule has 242 valence electrons. The van der Waals surface area contributed by atoms with Crippen LogP contribution in [0.4, 0.5) is 18.8 Å². The van der Waals surface area contributed by atoms with Crippen LogP contribution in [0, 0.1) is 13.0 Å². The van der Waals surface area contributed by atoms with Crippen LogP contribution < -0.4 is 4.74 Å². The summed E-state index contributed by atoms with van der Waals surface area (Å²) in [5.41, 5.74) is -1.12. The standard InChI is InChI=1S/C30H40FI2N5O6/c1-29(2,3)43-26(39)34-25(37-18-35(7)27(40)36(8)19-37)38(28(41)44-30(4,5)6)17-20-10-15-23(31)24(16-20)33(32)21-11-13-22(42-9)14-12-21/h10-16H,17-19H2,1-9H3/b34-25+. The average molecular weight is 839 g/mol. The molecule has 2 aromatic carbocycles. The molecule has 1 aliphatic heterocycles.